The summed E-state index contributed by atoms with van der Waals surface area (Å²) < 4.78 is 13.8. The van der Waals surface area contributed by atoms with Crippen molar-refractivity contribution in [3.8, 4) is 11.5 Å². The van der Waals surface area contributed by atoms with E-state index >= 15 is 0 Å². The smallest absolute Gasteiger partial charge is 0.161 e. The van der Waals surface area contributed by atoms with Crippen molar-refractivity contribution in [2.24, 2.45) is 7.05 Å². The number of para-hydroxylation sites is 2. The van der Waals surface area contributed by atoms with Crippen LogP contribution in [-0.2, 0) is 12.6 Å². The van der Waals surface area contributed by atoms with Crippen LogP contribution in [0.4, 0.5) is 5.82 Å². The van der Waals surface area contributed by atoms with Gasteiger partial charge in [0.2, 0.25) is 0 Å². The van der Waals surface area contributed by atoms with E-state index < -0.39 is 5.60 Å². The van der Waals surface area contributed by atoms with Gasteiger partial charge in [-0.1, -0.05) is 12.1 Å². The van der Waals surface area contributed by atoms with Crippen LogP contribution in [0.2, 0.25) is 0 Å². The molecule has 1 N–H and O–H groups in total. The van der Waals surface area contributed by atoms with Crippen molar-refractivity contribution < 1.29 is 14.6 Å². The minimum Gasteiger partial charge on any atom is -0.486 e. The molecule has 1 atom stereocenters. The Kier molecular flexibility index (Phi) is 4.97. The molecule has 1 aromatic heterocycles. The number of aliphatic hydroxyl groups is 1. The van der Waals surface area contributed by atoms with Gasteiger partial charge in [0, 0.05) is 51.0 Å². The van der Waals surface area contributed by atoms with Crippen LogP contribution >= 0.6 is 0 Å². The van der Waals surface area contributed by atoms with Crippen molar-refractivity contribution >= 4 is 5.82 Å². The van der Waals surface area contributed by atoms with Crippen LogP contribution in [0.1, 0.15) is 25.1 Å². The first kappa shape index (κ1) is 19.1. The highest BCUT2D eigenvalue weighted by molar-refractivity contribution is 5.52. The van der Waals surface area contributed by atoms with Gasteiger partial charge in [-0.15, -0.1) is 0 Å². The number of piperazine rings is 1. The Labute approximate surface area is 166 Å². The second-order valence-corrected chi connectivity index (χ2v) is 8.25. The summed E-state index contributed by atoms with van der Waals surface area (Å²) in [5.41, 5.74) is 1.02. The first-order valence-electron chi connectivity index (χ1n) is 9.95. The highest BCUT2D eigenvalue weighted by Gasteiger charge is 2.32. The van der Waals surface area contributed by atoms with Crippen molar-refractivity contribution in [1.82, 2.24) is 14.7 Å². The minimum atomic E-state index is -0.911. The van der Waals surface area contributed by atoms with Gasteiger partial charge in [-0.25, -0.2) is 0 Å². The Morgan fingerprint density at radius 3 is 2.50 bits per heavy atom. The lowest BCUT2D eigenvalue weighted by Gasteiger charge is -2.38. The van der Waals surface area contributed by atoms with Gasteiger partial charge in [0.1, 0.15) is 12.7 Å². The van der Waals surface area contributed by atoms with Crippen molar-refractivity contribution in [3.05, 3.63) is 35.5 Å². The molecule has 2 aliphatic heterocycles. The minimum absolute atomic E-state index is 0.0467. The molecule has 28 heavy (non-hydrogen) atoms. The van der Waals surface area contributed by atoms with Crippen molar-refractivity contribution in [2.75, 3.05) is 44.2 Å². The maximum absolute atomic E-state index is 10.6. The average Bonchev–Trinajstić information content (AvgIpc) is 2.97. The average molecular weight is 386 g/mol. The number of rotatable bonds is 4. The third kappa shape index (κ3) is 3.69. The third-order valence-electron chi connectivity index (χ3n) is 5.63. The lowest BCUT2D eigenvalue weighted by Crippen LogP contribution is -2.51. The first-order valence-corrected chi connectivity index (χ1v) is 9.95. The van der Waals surface area contributed by atoms with Gasteiger partial charge in [0.05, 0.1) is 5.60 Å². The number of nitrogens with zero attached hydrogens (tertiary/aromatic N) is 4. The largest absolute Gasteiger partial charge is 0.486 e. The fourth-order valence-electron chi connectivity index (χ4n) is 4.11. The SMILES string of the molecule is Cc1c(C(C)(C)O)c(N2CCN(CC3COc4ccccc4O3)CC2)nn1C. The second kappa shape index (κ2) is 7.29. The van der Waals surface area contributed by atoms with E-state index in [1.807, 2.05) is 56.8 Å². The van der Waals surface area contributed by atoms with Gasteiger partial charge in [0.25, 0.3) is 0 Å². The molecule has 1 saturated heterocycles. The molecule has 3 heterocycles. The summed E-state index contributed by atoms with van der Waals surface area (Å²) in [5, 5.41) is 15.3. The molecular weight excluding hydrogens is 356 g/mol. The number of aromatic nitrogens is 2. The Morgan fingerprint density at radius 1 is 1.14 bits per heavy atom. The number of hydrogen-bond donors (Lipinski definition) is 1. The van der Waals surface area contributed by atoms with Crippen LogP contribution in [0.15, 0.2) is 24.3 Å². The molecule has 2 aromatic rings. The highest BCUT2D eigenvalue weighted by Crippen LogP contribution is 2.33. The number of fused-ring (bicyclic) bond motifs is 1. The molecule has 7 heteroatoms. The molecule has 0 radical (unpaired) electrons. The Bertz CT molecular complexity index is 835. The monoisotopic (exact) mass is 386 g/mol. The zero-order valence-electron chi connectivity index (χ0n) is 17.2. The number of ether oxygens (including phenoxy) is 2. The maximum atomic E-state index is 10.6. The number of anilines is 1. The molecule has 1 fully saturated rings. The van der Waals surface area contributed by atoms with Crippen LogP contribution in [0.5, 0.6) is 11.5 Å². The summed E-state index contributed by atoms with van der Waals surface area (Å²) in [4.78, 5) is 4.70. The van der Waals surface area contributed by atoms with Gasteiger partial charge >= 0.3 is 0 Å². The summed E-state index contributed by atoms with van der Waals surface area (Å²) in [7, 11) is 1.93. The van der Waals surface area contributed by atoms with Crippen molar-refractivity contribution in [2.45, 2.75) is 32.5 Å². The Hall–Kier alpha value is -2.25. The maximum Gasteiger partial charge on any atom is 0.161 e. The lowest BCUT2D eigenvalue weighted by molar-refractivity contribution is 0.0568. The second-order valence-electron chi connectivity index (χ2n) is 8.25. The summed E-state index contributed by atoms with van der Waals surface area (Å²) in [6.07, 6.45) is 0.0467. The zero-order valence-corrected chi connectivity index (χ0v) is 17.2. The molecular formula is C21H30N4O3. The van der Waals surface area contributed by atoms with E-state index in [9.17, 15) is 5.11 Å². The molecule has 0 amide bonds. The zero-order chi connectivity index (χ0) is 19.9. The quantitative estimate of drug-likeness (QED) is 0.866. The molecule has 0 bridgehead atoms. The molecule has 1 unspecified atom stereocenters. The molecule has 2 aliphatic rings. The Balaban J connectivity index is 1.38. The number of benzene rings is 1. The molecule has 0 aliphatic carbocycles. The van der Waals surface area contributed by atoms with Gasteiger partial charge in [0.15, 0.2) is 17.3 Å². The van der Waals surface area contributed by atoms with Crippen LogP contribution in [-0.4, -0.2) is 65.2 Å². The summed E-state index contributed by atoms with van der Waals surface area (Å²) in [6.45, 7) is 10.7. The van der Waals surface area contributed by atoms with Crippen LogP contribution in [0.25, 0.3) is 0 Å². The van der Waals surface area contributed by atoms with E-state index in [-0.39, 0.29) is 6.10 Å². The highest BCUT2D eigenvalue weighted by atomic mass is 16.6. The third-order valence-corrected chi connectivity index (χ3v) is 5.63. The fraction of sp³-hybridized carbons (Fsp3) is 0.571. The molecule has 7 nitrogen and oxygen atoms in total. The normalized spacial score (nSPS) is 20.5. The summed E-state index contributed by atoms with van der Waals surface area (Å²) >= 11 is 0. The van der Waals surface area contributed by atoms with Gasteiger partial charge in [-0.3, -0.25) is 9.58 Å². The molecule has 152 valence electrons. The van der Waals surface area contributed by atoms with E-state index in [1.165, 1.54) is 0 Å². The molecule has 4 rings (SSSR count). The van der Waals surface area contributed by atoms with Crippen LogP contribution in [0.3, 0.4) is 0 Å². The van der Waals surface area contributed by atoms with Crippen molar-refractivity contribution in [3.63, 3.8) is 0 Å². The summed E-state index contributed by atoms with van der Waals surface area (Å²) in [6, 6.07) is 7.84. The van der Waals surface area contributed by atoms with E-state index in [0.717, 1.165) is 61.3 Å². The molecule has 1 aromatic carbocycles. The Morgan fingerprint density at radius 2 is 1.82 bits per heavy atom. The lowest BCUT2D eigenvalue weighted by atomic mass is 9.97. The van der Waals surface area contributed by atoms with E-state index in [0.29, 0.717) is 6.61 Å². The fourth-order valence-corrected chi connectivity index (χ4v) is 4.11. The standard InChI is InChI=1S/C21H30N4O3/c1-15-19(21(2,3)26)20(22-23(15)4)25-11-9-24(10-12-25)13-16-14-27-17-7-5-6-8-18(17)28-16/h5-8,16,26H,9-14H2,1-4H3. The van der Waals surface area contributed by atoms with Gasteiger partial charge in [-0.2, -0.15) is 5.10 Å². The van der Waals surface area contributed by atoms with Gasteiger partial charge in [-0.05, 0) is 32.9 Å². The summed E-state index contributed by atoms with van der Waals surface area (Å²) in [5.74, 6) is 2.56. The van der Waals surface area contributed by atoms with Crippen molar-refractivity contribution in [1.29, 1.82) is 0 Å². The first-order chi connectivity index (χ1) is 13.3. The van der Waals surface area contributed by atoms with E-state index in [2.05, 4.69) is 14.9 Å². The predicted molar refractivity (Wildman–Crippen MR) is 108 cm³/mol. The predicted octanol–water partition coefficient (Wildman–Crippen LogP) is 1.92. The van der Waals surface area contributed by atoms with Crippen LogP contribution in [0, 0.1) is 6.92 Å². The van der Waals surface area contributed by atoms with Gasteiger partial charge < -0.3 is 19.5 Å². The van der Waals surface area contributed by atoms with E-state index in [1.54, 1.807) is 0 Å². The van der Waals surface area contributed by atoms with Crippen LogP contribution < -0.4 is 14.4 Å². The number of hydrogen-bond acceptors (Lipinski definition) is 6. The molecule has 0 spiro atoms. The topological polar surface area (TPSA) is 63.0 Å². The van der Waals surface area contributed by atoms with E-state index in [4.69, 9.17) is 9.47 Å². The molecule has 0 saturated carbocycles. The number of aryl methyl sites for hydroxylation is 1.